The Kier molecular flexibility index (Phi) is 6.66. The van der Waals surface area contributed by atoms with Crippen molar-refractivity contribution >= 4 is 62.2 Å². The highest BCUT2D eigenvalue weighted by Crippen LogP contribution is 2.36. The molecule has 1 amide bonds. The summed E-state index contributed by atoms with van der Waals surface area (Å²) in [6.07, 6.45) is -4.66. The second-order valence-electron chi connectivity index (χ2n) is 7.36. The van der Waals surface area contributed by atoms with Gasteiger partial charge in [0.05, 0.1) is 28.0 Å². The zero-order valence-corrected chi connectivity index (χ0v) is 20.2. The van der Waals surface area contributed by atoms with Crippen LogP contribution in [0.3, 0.4) is 0 Å². The molecule has 11 heteroatoms. The van der Waals surface area contributed by atoms with E-state index in [1.165, 1.54) is 28.8 Å². The van der Waals surface area contributed by atoms with Gasteiger partial charge in [0.25, 0.3) is 11.5 Å². The lowest BCUT2D eigenvalue weighted by Gasteiger charge is -2.12. The number of fused-ring (bicyclic) bond motifs is 1. The molecule has 0 atom stereocenters. The van der Waals surface area contributed by atoms with E-state index in [0.717, 1.165) is 22.2 Å². The summed E-state index contributed by atoms with van der Waals surface area (Å²) in [5.74, 6) is -0.657. The van der Waals surface area contributed by atoms with Crippen molar-refractivity contribution in [3.63, 3.8) is 0 Å². The average molecular weight is 569 g/mol. The lowest BCUT2D eigenvalue weighted by Crippen LogP contribution is -2.23. The molecule has 1 aromatic heterocycles. The summed E-state index contributed by atoms with van der Waals surface area (Å²) in [6, 6.07) is 14.9. The number of nitrogens with zero attached hydrogens (tertiary/aromatic N) is 1. The molecular weight excluding hydrogens is 555 g/mol. The predicted molar refractivity (Wildman–Crippen MR) is 131 cm³/mol. The van der Waals surface area contributed by atoms with E-state index in [2.05, 4.69) is 26.2 Å². The van der Waals surface area contributed by atoms with Crippen LogP contribution in [-0.2, 0) is 12.7 Å². The number of hydrogen-bond acceptors (Lipinski definition) is 3. The van der Waals surface area contributed by atoms with Crippen LogP contribution in [0.2, 0.25) is 5.02 Å². The molecule has 34 heavy (non-hydrogen) atoms. The monoisotopic (exact) mass is 567 g/mol. The number of halogens is 5. The molecule has 1 heterocycles. The average Bonchev–Trinajstić information content (AvgIpc) is 2.77. The van der Waals surface area contributed by atoms with Crippen molar-refractivity contribution in [3.8, 4) is 0 Å². The minimum atomic E-state index is -4.66. The van der Waals surface area contributed by atoms with Gasteiger partial charge in [-0.25, -0.2) is 0 Å². The third kappa shape index (κ3) is 5.08. The molecule has 0 saturated carbocycles. The van der Waals surface area contributed by atoms with Gasteiger partial charge in [0.1, 0.15) is 0 Å². The summed E-state index contributed by atoms with van der Waals surface area (Å²) in [5.41, 5.74) is -0.128. The molecule has 0 spiro atoms. The Bertz CT molecular complexity index is 1550. The normalized spacial score (nSPS) is 11.6. The van der Waals surface area contributed by atoms with Crippen molar-refractivity contribution in [1.82, 2.24) is 9.55 Å². The van der Waals surface area contributed by atoms with Gasteiger partial charge in [0.15, 0.2) is 4.77 Å². The molecule has 5 nitrogen and oxygen atoms in total. The molecule has 0 aliphatic rings. The molecule has 0 fully saturated rings. The number of aromatic amines is 1. The molecule has 4 rings (SSSR count). The van der Waals surface area contributed by atoms with E-state index < -0.39 is 22.7 Å². The Morgan fingerprint density at radius 3 is 2.59 bits per heavy atom. The first kappa shape index (κ1) is 24.2. The smallest absolute Gasteiger partial charge is 0.332 e. The summed E-state index contributed by atoms with van der Waals surface area (Å²) in [4.78, 5) is 28.6. The second-order valence-corrected chi connectivity index (χ2v) is 9.07. The van der Waals surface area contributed by atoms with Gasteiger partial charge in [-0.15, -0.1) is 0 Å². The van der Waals surface area contributed by atoms with Gasteiger partial charge in [0, 0.05) is 15.7 Å². The lowest BCUT2D eigenvalue weighted by atomic mass is 10.1. The molecule has 0 saturated heterocycles. The van der Waals surface area contributed by atoms with Crippen LogP contribution in [0.15, 0.2) is 69.9 Å². The fourth-order valence-corrected chi connectivity index (χ4v) is 4.31. The number of hydrogen-bond donors (Lipinski definition) is 2. The van der Waals surface area contributed by atoms with Gasteiger partial charge in [-0.3, -0.25) is 14.2 Å². The molecule has 0 aliphatic heterocycles. The Hall–Kier alpha value is -2.95. The number of H-pyrrole nitrogens is 1. The maximum absolute atomic E-state index is 13.1. The molecule has 0 bridgehead atoms. The van der Waals surface area contributed by atoms with Crippen LogP contribution in [0, 0.1) is 4.77 Å². The zero-order valence-electron chi connectivity index (χ0n) is 17.0. The van der Waals surface area contributed by atoms with Crippen LogP contribution in [0.1, 0.15) is 21.5 Å². The van der Waals surface area contributed by atoms with Gasteiger partial charge in [-0.05, 0) is 66.3 Å². The van der Waals surface area contributed by atoms with Crippen molar-refractivity contribution in [2.24, 2.45) is 0 Å². The zero-order chi connectivity index (χ0) is 24.6. The van der Waals surface area contributed by atoms with Crippen molar-refractivity contribution in [1.29, 1.82) is 0 Å². The number of alkyl halides is 3. The highest BCUT2D eigenvalue weighted by atomic mass is 79.9. The Labute approximate surface area is 209 Å². The molecule has 0 aliphatic carbocycles. The number of aromatic nitrogens is 2. The molecule has 4 aromatic rings. The minimum Gasteiger partial charge on any atom is -0.332 e. The summed E-state index contributed by atoms with van der Waals surface area (Å²) >= 11 is 14.4. The lowest BCUT2D eigenvalue weighted by molar-refractivity contribution is -0.137. The number of anilines is 1. The fraction of sp³-hybridized carbons (Fsp3) is 0.0870. The van der Waals surface area contributed by atoms with Crippen LogP contribution in [0.25, 0.3) is 10.9 Å². The second kappa shape index (κ2) is 9.36. The Balaban J connectivity index is 1.65. The van der Waals surface area contributed by atoms with Crippen LogP contribution in [0.5, 0.6) is 0 Å². The van der Waals surface area contributed by atoms with Crippen molar-refractivity contribution in [2.75, 3.05) is 5.32 Å². The fourth-order valence-electron chi connectivity index (χ4n) is 3.38. The first-order valence-electron chi connectivity index (χ1n) is 9.72. The summed E-state index contributed by atoms with van der Waals surface area (Å²) in [5, 5.41) is 2.26. The summed E-state index contributed by atoms with van der Waals surface area (Å²) < 4.78 is 41.7. The van der Waals surface area contributed by atoms with E-state index in [1.54, 1.807) is 0 Å². The maximum atomic E-state index is 13.1. The third-order valence-corrected chi connectivity index (χ3v) is 6.15. The standard InChI is InChI=1S/C23H14BrClF3N3O2S/c24-14-3-1-2-12(8-14)11-31-21(33)16-6-4-13(9-19(16)30-22(31)34)20(32)29-15-5-7-18(25)17(10-15)23(26,27)28/h1-10H,11H2,(H,29,32)(H,30,34). The van der Waals surface area contributed by atoms with Crippen molar-refractivity contribution < 1.29 is 18.0 Å². The SMILES string of the molecule is O=C(Nc1ccc(Cl)c(C(F)(F)F)c1)c1ccc2c(=O)n(Cc3cccc(Br)c3)c(=S)[nH]c2c1. The quantitative estimate of drug-likeness (QED) is 0.266. The van der Waals surface area contributed by atoms with Crippen molar-refractivity contribution in [3.05, 3.63) is 102 Å². The van der Waals surface area contributed by atoms with Crippen molar-refractivity contribution in [2.45, 2.75) is 12.7 Å². The third-order valence-electron chi connectivity index (χ3n) is 5.00. The number of carbonyl (C=O) groups excluding carboxylic acids is 1. The number of carbonyl (C=O) groups is 1. The Morgan fingerprint density at radius 2 is 1.88 bits per heavy atom. The van der Waals surface area contributed by atoms with Gasteiger partial charge in [-0.1, -0.05) is 39.7 Å². The molecule has 0 unspecified atom stereocenters. The molecule has 174 valence electrons. The van der Waals surface area contributed by atoms with Crippen LogP contribution in [0.4, 0.5) is 18.9 Å². The highest BCUT2D eigenvalue weighted by molar-refractivity contribution is 9.10. The Morgan fingerprint density at radius 1 is 1.12 bits per heavy atom. The van der Waals surface area contributed by atoms with Gasteiger partial charge < -0.3 is 10.3 Å². The predicted octanol–water partition coefficient (Wildman–Crippen LogP) is 6.79. The van der Waals surface area contributed by atoms with Crippen LogP contribution >= 0.6 is 39.7 Å². The van der Waals surface area contributed by atoms with Gasteiger partial charge >= 0.3 is 6.18 Å². The summed E-state index contributed by atoms with van der Waals surface area (Å²) in [7, 11) is 0. The topological polar surface area (TPSA) is 66.9 Å². The van der Waals surface area contributed by atoms with E-state index in [0.29, 0.717) is 10.9 Å². The van der Waals surface area contributed by atoms with E-state index in [-0.39, 0.29) is 28.1 Å². The highest BCUT2D eigenvalue weighted by Gasteiger charge is 2.33. The van der Waals surface area contributed by atoms with Crippen LogP contribution in [-0.4, -0.2) is 15.5 Å². The number of amides is 1. The molecular formula is C23H14BrClF3N3O2S. The van der Waals surface area contributed by atoms with E-state index in [4.69, 9.17) is 23.8 Å². The minimum absolute atomic E-state index is 0.0702. The largest absolute Gasteiger partial charge is 0.417 e. The van der Waals surface area contributed by atoms with E-state index in [1.807, 2.05) is 24.3 Å². The molecule has 0 radical (unpaired) electrons. The number of nitrogens with one attached hydrogen (secondary N) is 2. The molecule has 3 aromatic carbocycles. The van der Waals surface area contributed by atoms with E-state index in [9.17, 15) is 22.8 Å². The van der Waals surface area contributed by atoms with Gasteiger partial charge in [0.2, 0.25) is 0 Å². The van der Waals surface area contributed by atoms with Crippen LogP contribution < -0.4 is 10.9 Å². The molecule has 2 N–H and O–H groups in total. The number of benzene rings is 3. The number of rotatable bonds is 4. The van der Waals surface area contributed by atoms with Gasteiger partial charge in [-0.2, -0.15) is 13.2 Å². The summed E-state index contributed by atoms with van der Waals surface area (Å²) in [6.45, 7) is 0.254. The first-order chi connectivity index (χ1) is 16.0. The van der Waals surface area contributed by atoms with E-state index >= 15 is 0 Å². The maximum Gasteiger partial charge on any atom is 0.417 e. The first-order valence-corrected chi connectivity index (χ1v) is 11.3.